The smallest absolute Gasteiger partial charge is 0.161 e. The minimum absolute atomic E-state index is 0.00231. The van der Waals surface area contributed by atoms with Gasteiger partial charge in [0, 0.05) is 17.5 Å². The van der Waals surface area contributed by atoms with E-state index in [1.54, 1.807) is 13.0 Å². The molecule has 0 aliphatic rings. The van der Waals surface area contributed by atoms with Crippen molar-refractivity contribution < 1.29 is 4.79 Å². The summed E-state index contributed by atoms with van der Waals surface area (Å²) in [6.07, 6.45) is 1.53. The zero-order valence-electron chi connectivity index (χ0n) is 6.39. The second-order valence-electron chi connectivity index (χ2n) is 2.34. The van der Waals surface area contributed by atoms with Crippen molar-refractivity contribution in [2.24, 2.45) is 0 Å². The Morgan fingerprint density at radius 1 is 1.64 bits per heavy atom. The summed E-state index contributed by atoms with van der Waals surface area (Å²) in [4.78, 5) is 14.9. The van der Waals surface area contributed by atoms with Crippen LogP contribution in [0.1, 0.15) is 23.0 Å². The summed E-state index contributed by atoms with van der Waals surface area (Å²) in [6.45, 7) is 3.29. The molecule has 58 valence electrons. The van der Waals surface area contributed by atoms with E-state index in [0.29, 0.717) is 10.6 Å². The van der Waals surface area contributed by atoms with Crippen LogP contribution >= 0.6 is 11.6 Å². The van der Waals surface area contributed by atoms with Gasteiger partial charge in [-0.25, -0.2) is 0 Å². The minimum atomic E-state index is -0.00231. The lowest BCUT2D eigenvalue weighted by Gasteiger charge is -1.99. The van der Waals surface area contributed by atoms with Crippen molar-refractivity contribution in [2.75, 3.05) is 0 Å². The van der Waals surface area contributed by atoms with Gasteiger partial charge in [0.1, 0.15) is 0 Å². The van der Waals surface area contributed by atoms with E-state index in [2.05, 4.69) is 4.98 Å². The van der Waals surface area contributed by atoms with Crippen LogP contribution in [0, 0.1) is 6.92 Å². The Hall–Kier alpha value is -0.890. The third-order valence-electron chi connectivity index (χ3n) is 1.43. The molecule has 3 heteroatoms. The van der Waals surface area contributed by atoms with Gasteiger partial charge in [0.2, 0.25) is 0 Å². The minimum Gasteiger partial charge on any atom is -0.294 e. The predicted molar refractivity (Wildman–Crippen MR) is 44.0 cm³/mol. The van der Waals surface area contributed by atoms with Gasteiger partial charge in [-0.15, -0.1) is 0 Å². The van der Waals surface area contributed by atoms with E-state index < -0.39 is 0 Å². The molecule has 1 aromatic heterocycles. The molecule has 0 aliphatic heterocycles. The number of hydrogen-bond acceptors (Lipinski definition) is 2. The number of rotatable bonds is 1. The molecule has 1 aromatic rings. The topological polar surface area (TPSA) is 30.0 Å². The summed E-state index contributed by atoms with van der Waals surface area (Å²) < 4.78 is 0. The molecule has 0 atom stereocenters. The average Bonchev–Trinajstić information content (AvgIpc) is 1.94. The lowest BCUT2D eigenvalue weighted by atomic mass is 10.1. The van der Waals surface area contributed by atoms with E-state index in [1.807, 2.05) is 0 Å². The summed E-state index contributed by atoms with van der Waals surface area (Å²) in [5.74, 6) is -0.00231. The van der Waals surface area contributed by atoms with Crippen LogP contribution < -0.4 is 0 Å². The van der Waals surface area contributed by atoms with Crippen molar-refractivity contribution in [2.45, 2.75) is 13.8 Å². The Labute approximate surface area is 70.2 Å². The molecule has 0 aromatic carbocycles. The first-order chi connectivity index (χ1) is 5.11. The second-order valence-corrected chi connectivity index (χ2v) is 2.78. The standard InChI is InChI=1S/C8H8ClNO/c1-5-8(6(2)11)3-7(9)4-10-5/h3-4H,1-2H3. The molecule has 0 radical (unpaired) electrons. The Morgan fingerprint density at radius 2 is 2.27 bits per heavy atom. The fourth-order valence-electron chi connectivity index (χ4n) is 0.864. The lowest BCUT2D eigenvalue weighted by molar-refractivity contribution is 0.101. The molecule has 2 nitrogen and oxygen atoms in total. The largest absolute Gasteiger partial charge is 0.294 e. The third kappa shape index (κ3) is 1.77. The van der Waals surface area contributed by atoms with Gasteiger partial charge in [-0.1, -0.05) is 11.6 Å². The maximum absolute atomic E-state index is 10.9. The van der Waals surface area contributed by atoms with Crippen LogP contribution in [0.2, 0.25) is 5.02 Å². The molecular formula is C8H8ClNO. The monoisotopic (exact) mass is 169 g/mol. The number of carbonyl (C=O) groups is 1. The van der Waals surface area contributed by atoms with E-state index in [1.165, 1.54) is 13.1 Å². The van der Waals surface area contributed by atoms with Gasteiger partial charge >= 0.3 is 0 Å². The third-order valence-corrected chi connectivity index (χ3v) is 1.64. The van der Waals surface area contributed by atoms with E-state index in [4.69, 9.17) is 11.6 Å². The van der Waals surface area contributed by atoms with Gasteiger partial charge in [-0.2, -0.15) is 0 Å². The zero-order valence-corrected chi connectivity index (χ0v) is 7.14. The second kappa shape index (κ2) is 3.01. The summed E-state index contributed by atoms with van der Waals surface area (Å²) in [5, 5.41) is 0.501. The molecule has 0 fully saturated rings. The quantitative estimate of drug-likeness (QED) is 0.604. The molecule has 0 bridgehead atoms. The highest BCUT2D eigenvalue weighted by Gasteiger charge is 2.04. The highest BCUT2D eigenvalue weighted by Crippen LogP contribution is 2.12. The Morgan fingerprint density at radius 3 is 2.73 bits per heavy atom. The molecular weight excluding hydrogens is 162 g/mol. The van der Waals surface area contributed by atoms with E-state index in [-0.39, 0.29) is 5.78 Å². The molecule has 0 amide bonds. The van der Waals surface area contributed by atoms with Crippen molar-refractivity contribution in [1.82, 2.24) is 4.98 Å². The van der Waals surface area contributed by atoms with Crippen LogP contribution in [0.15, 0.2) is 12.3 Å². The SMILES string of the molecule is CC(=O)c1cc(Cl)cnc1C. The summed E-state index contributed by atoms with van der Waals surface area (Å²) >= 11 is 5.65. The zero-order chi connectivity index (χ0) is 8.43. The van der Waals surface area contributed by atoms with E-state index in [0.717, 1.165) is 5.69 Å². The maximum Gasteiger partial charge on any atom is 0.161 e. The van der Waals surface area contributed by atoms with Crippen molar-refractivity contribution in [3.8, 4) is 0 Å². The van der Waals surface area contributed by atoms with Gasteiger partial charge in [0.05, 0.1) is 5.02 Å². The molecule has 0 saturated carbocycles. The van der Waals surface area contributed by atoms with Crippen LogP contribution in [0.5, 0.6) is 0 Å². The number of carbonyl (C=O) groups excluding carboxylic acids is 1. The highest BCUT2D eigenvalue weighted by atomic mass is 35.5. The Kier molecular flexibility index (Phi) is 2.25. The fourth-order valence-corrected chi connectivity index (χ4v) is 1.02. The molecule has 11 heavy (non-hydrogen) atoms. The molecule has 1 rings (SSSR count). The van der Waals surface area contributed by atoms with Crippen LogP contribution in [-0.4, -0.2) is 10.8 Å². The van der Waals surface area contributed by atoms with Gasteiger partial charge in [0.25, 0.3) is 0 Å². The molecule has 0 aliphatic carbocycles. The Balaban J connectivity index is 3.23. The van der Waals surface area contributed by atoms with Gasteiger partial charge in [-0.05, 0) is 19.9 Å². The van der Waals surface area contributed by atoms with Crippen molar-refractivity contribution in [1.29, 1.82) is 0 Å². The Bertz CT molecular complexity index is 296. The van der Waals surface area contributed by atoms with Gasteiger partial charge < -0.3 is 0 Å². The predicted octanol–water partition coefficient (Wildman–Crippen LogP) is 2.25. The number of aryl methyl sites for hydroxylation is 1. The number of hydrogen-bond donors (Lipinski definition) is 0. The number of aromatic nitrogens is 1. The lowest BCUT2D eigenvalue weighted by Crippen LogP contribution is -1.97. The molecule has 0 unspecified atom stereocenters. The van der Waals surface area contributed by atoms with Gasteiger partial charge in [0.15, 0.2) is 5.78 Å². The summed E-state index contributed by atoms with van der Waals surface area (Å²) in [5.41, 5.74) is 1.32. The van der Waals surface area contributed by atoms with Gasteiger partial charge in [-0.3, -0.25) is 9.78 Å². The number of halogens is 1. The summed E-state index contributed by atoms with van der Waals surface area (Å²) in [6, 6.07) is 1.63. The highest BCUT2D eigenvalue weighted by molar-refractivity contribution is 6.30. The van der Waals surface area contributed by atoms with Crippen molar-refractivity contribution in [3.05, 3.63) is 28.5 Å². The first kappa shape index (κ1) is 8.21. The summed E-state index contributed by atoms with van der Waals surface area (Å²) in [7, 11) is 0. The molecule has 0 saturated heterocycles. The first-order valence-corrected chi connectivity index (χ1v) is 3.62. The molecule has 0 spiro atoms. The fraction of sp³-hybridized carbons (Fsp3) is 0.250. The first-order valence-electron chi connectivity index (χ1n) is 3.24. The normalized spacial score (nSPS) is 9.73. The number of nitrogens with zero attached hydrogens (tertiary/aromatic N) is 1. The van der Waals surface area contributed by atoms with Crippen LogP contribution in [0.4, 0.5) is 0 Å². The van der Waals surface area contributed by atoms with Crippen molar-refractivity contribution in [3.63, 3.8) is 0 Å². The number of ketones is 1. The maximum atomic E-state index is 10.9. The average molecular weight is 170 g/mol. The van der Waals surface area contributed by atoms with Crippen LogP contribution in [-0.2, 0) is 0 Å². The van der Waals surface area contributed by atoms with Crippen LogP contribution in [0.25, 0.3) is 0 Å². The molecule has 0 N–H and O–H groups in total. The van der Waals surface area contributed by atoms with Crippen molar-refractivity contribution >= 4 is 17.4 Å². The van der Waals surface area contributed by atoms with E-state index in [9.17, 15) is 4.79 Å². The number of pyridine rings is 1. The molecule has 1 heterocycles. The number of Topliss-reactive ketones (excluding diaryl/α,β-unsaturated/α-hetero) is 1. The van der Waals surface area contributed by atoms with Crippen LogP contribution in [0.3, 0.4) is 0 Å². The van der Waals surface area contributed by atoms with E-state index >= 15 is 0 Å².